The summed E-state index contributed by atoms with van der Waals surface area (Å²) in [6.45, 7) is 3.35. The highest BCUT2D eigenvalue weighted by molar-refractivity contribution is 5.70. The lowest BCUT2D eigenvalue weighted by molar-refractivity contribution is -0.305. The van der Waals surface area contributed by atoms with E-state index in [2.05, 4.69) is 38.2 Å². The molecule has 2 unspecified atom stereocenters. The van der Waals surface area contributed by atoms with E-state index in [1.54, 1.807) is 0 Å². The molecule has 6 atom stereocenters. The Hall–Kier alpha value is -1.82. The number of carbonyl (C=O) groups is 2. The van der Waals surface area contributed by atoms with Crippen LogP contribution in [0.5, 0.6) is 0 Å². The Morgan fingerprint density at radius 2 is 1.12 bits per heavy atom. The van der Waals surface area contributed by atoms with Crippen molar-refractivity contribution in [2.24, 2.45) is 0 Å². The van der Waals surface area contributed by atoms with Crippen LogP contribution in [-0.4, -0.2) is 89.0 Å². The van der Waals surface area contributed by atoms with Gasteiger partial charge in [-0.3, -0.25) is 9.59 Å². The maximum absolute atomic E-state index is 12.7. The summed E-state index contributed by atoms with van der Waals surface area (Å²) in [5, 5.41) is 39.9. The molecule has 0 spiro atoms. The number of esters is 2. The second-order valence-electron chi connectivity index (χ2n) is 14.1. The Bertz CT molecular complexity index is 892. The van der Waals surface area contributed by atoms with Gasteiger partial charge in [-0.2, -0.15) is 0 Å². The largest absolute Gasteiger partial charge is 0.462 e. The summed E-state index contributed by atoms with van der Waals surface area (Å²) < 4.78 is 22.1. The number of aliphatic hydroxyl groups is 4. The molecule has 298 valence electrons. The number of unbranched alkanes of at least 4 members (excludes halogenated alkanes) is 18. The van der Waals surface area contributed by atoms with Crippen molar-refractivity contribution in [3.63, 3.8) is 0 Å². The van der Waals surface area contributed by atoms with Crippen molar-refractivity contribution in [2.45, 2.75) is 205 Å². The zero-order valence-electron chi connectivity index (χ0n) is 32.1. The predicted molar refractivity (Wildman–Crippen MR) is 201 cm³/mol. The topological polar surface area (TPSA) is 152 Å². The number of hydrogen-bond donors (Lipinski definition) is 4. The van der Waals surface area contributed by atoms with E-state index in [0.29, 0.717) is 12.8 Å². The monoisotopic (exact) mass is 727 g/mol. The Morgan fingerprint density at radius 1 is 0.608 bits per heavy atom. The summed E-state index contributed by atoms with van der Waals surface area (Å²) in [5.41, 5.74) is 0. The highest BCUT2D eigenvalue weighted by Gasteiger charge is 2.44. The molecule has 0 aromatic heterocycles. The molecule has 0 aromatic carbocycles. The van der Waals surface area contributed by atoms with Gasteiger partial charge in [-0.15, -0.1) is 0 Å². The first-order valence-corrected chi connectivity index (χ1v) is 20.4. The molecule has 1 heterocycles. The quantitative estimate of drug-likeness (QED) is 0.0300. The molecular formula is C41H74O10. The maximum atomic E-state index is 12.7. The number of allylic oxidation sites excluding steroid dienone is 4. The zero-order valence-corrected chi connectivity index (χ0v) is 32.1. The third-order valence-corrected chi connectivity index (χ3v) is 9.34. The van der Waals surface area contributed by atoms with Crippen LogP contribution in [0.1, 0.15) is 168 Å². The minimum atomic E-state index is -1.59. The average molecular weight is 727 g/mol. The van der Waals surface area contributed by atoms with E-state index in [1.165, 1.54) is 64.2 Å². The summed E-state index contributed by atoms with van der Waals surface area (Å²) in [4.78, 5) is 25.2. The van der Waals surface area contributed by atoms with E-state index < -0.39 is 49.4 Å². The molecule has 0 aromatic rings. The van der Waals surface area contributed by atoms with Gasteiger partial charge in [-0.25, -0.2) is 0 Å². The van der Waals surface area contributed by atoms with Gasteiger partial charge in [-0.1, -0.05) is 141 Å². The Kier molecular flexibility index (Phi) is 30.4. The maximum Gasteiger partial charge on any atom is 0.306 e. The average Bonchev–Trinajstić information content (AvgIpc) is 3.13. The highest BCUT2D eigenvalue weighted by Crippen LogP contribution is 2.22. The lowest BCUT2D eigenvalue weighted by Crippen LogP contribution is -2.59. The van der Waals surface area contributed by atoms with Gasteiger partial charge in [0.05, 0.1) is 13.2 Å². The van der Waals surface area contributed by atoms with Crippen LogP contribution in [0.4, 0.5) is 0 Å². The van der Waals surface area contributed by atoms with E-state index in [0.717, 1.165) is 64.2 Å². The molecule has 0 bridgehead atoms. The third-order valence-electron chi connectivity index (χ3n) is 9.34. The van der Waals surface area contributed by atoms with Gasteiger partial charge >= 0.3 is 11.9 Å². The lowest BCUT2D eigenvalue weighted by atomic mass is 9.99. The van der Waals surface area contributed by atoms with E-state index in [-0.39, 0.29) is 32.0 Å². The molecule has 10 nitrogen and oxygen atoms in total. The van der Waals surface area contributed by atoms with Crippen molar-refractivity contribution in [2.75, 3.05) is 19.8 Å². The first kappa shape index (κ1) is 47.2. The summed E-state index contributed by atoms with van der Waals surface area (Å²) in [7, 11) is 0. The van der Waals surface area contributed by atoms with Gasteiger partial charge < -0.3 is 39.4 Å². The predicted octanol–water partition coefficient (Wildman–Crippen LogP) is 7.77. The molecule has 1 saturated heterocycles. The van der Waals surface area contributed by atoms with Crippen molar-refractivity contribution in [1.82, 2.24) is 0 Å². The molecule has 4 N–H and O–H groups in total. The minimum Gasteiger partial charge on any atom is -0.462 e. The number of rotatable bonds is 33. The van der Waals surface area contributed by atoms with Crippen LogP contribution in [0.25, 0.3) is 0 Å². The first-order chi connectivity index (χ1) is 24.8. The van der Waals surface area contributed by atoms with Crippen LogP contribution in [0.3, 0.4) is 0 Å². The van der Waals surface area contributed by atoms with Crippen molar-refractivity contribution in [3.05, 3.63) is 24.3 Å². The fourth-order valence-corrected chi connectivity index (χ4v) is 6.03. The molecule has 51 heavy (non-hydrogen) atoms. The molecule has 10 heteroatoms. The fraction of sp³-hybridized carbons (Fsp3) is 0.854. The van der Waals surface area contributed by atoms with Crippen LogP contribution < -0.4 is 0 Å². The van der Waals surface area contributed by atoms with Crippen LogP contribution in [0.15, 0.2) is 24.3 Å². The van der Waals surface area contributed by atoms with Gasteiger partial charge in [0.1, 0.15) is 31.0 Å². The zero-order chi connectivity index (χ0) is 37.4. The molecule has 0 radical (unpaired) electrons. The van der Waals surface area contributed by atoms with Crippen molar-refractivity contribution < 1.29 is 49.0 Å². The van der Waals surface area contributed by atoms with Gasteiger partial charge in [-0.05, 0) is 38.5 Å². The fourth-order valence-electron chi connectivity index (χ4n) is 6.03. The summed E-state index contributed by atoms with van der Waals surface area (Å²) >= 11 is 0. The Balaban J connectivity index is 2.38. The molecule has 1 aliphatic heterocycles. The van der Waals surface area contributed by atoms with Gasteiger partial charge in [0.15, 0.2) is 12.4 Å². The number of ether oxygens (including phenoxy) is 4. The summed E-state index contributed by atoms with van der Waals surface area (Å²) in [6.07, 6.45) is 26.1. The molecule has 1 rings (SSSR count). The Labute approximate surface area is 309 Å². The highest BCUT2D eigenvalue weighted by atomic mass is 16.7. The van der Waals surface area contributed by atoms with Crippen molar-refractivity contribution >= 4 is 11.9 Å². The van der Waals surface area contributed by atoms with Crippen LogP contribution in [-0.2, 0) is 28.5 Å². The molecule has 0 saturated carbocycles. The second kappa shape index (κ2) is 32.8. The second-order valence-corrected chi connectivity index (χ2v) is 14.1. The number of aliphatic hydroxyl groups excluding tert-OH is 4. The molecule has 0 amide bonds. The Morgan fingerprint density at radius 3 is 1.69 bits per heavy atom. The van der Waals surface area contributed by atoms with E-state index in [9.17, 15) is 30.0 Å². The van der Waals surface area contributed by atoms with Crippen LogP contribution >= 0.6 is 0 Å². The minimum absolute atomic E-state index is 0.222. The first-order valence-electron chi connectivity index (χ1n) is 20.4. The summed E-state index contributed by atoms with van der Waals surface area (Å²) in [6, 6.07) is 0. The smallest absolute Gasteiger partial charge is 0.306 e. The molecule has 1 aliphatic rings. The van der Waals surface area contributed by atoms with Gasteiger partial charge in [0.25, 0.3) is 0 Å². The standard InChI is InChI=1S/C41H74O10/c1-3-5-7-9-11-13-15-17-18-20-21-23-25-27-29-36(43)48-32-34(33-49-41-40(47)39(46)38(45)35(31-42)51-41)50-37(44)30-28-26-24-22-19-16-14-12-10-8-6-4-2/h9,11,15,17,34-35,38-42,45-47H,3-8,10,12-14,16,18-33H2,1-2H3/b11-9+,17-15+/t34-,35-,38+,39?,40?,41-/m0/s1. The van der Waals surface area contributed by atoms with Gasteiger partial charge in [0.2, 0.25) is 0 Å². The van der Waals surface area contributed by atoms with E-state index >= 15 is 0 Å². The SMILES string of the molecule is CCCC/C=C/C/C=C/CCCCCCCC(=O)OC[C@@H](CO[C@H]1O[C@@H](CO)[C@@H](O)C(O)C1O)OC(=O)CCCCCCCCCCCCCC. The normalized spacial score (nSPS) is 21.4. The lowest BCUT2D eigenvalue weighted by Gasteiger charge is -2.39. The third kappa shape index (κ3) is 24.9. The van der Waals surface area contributed by atoms with Crippen LogP contribution in [0, 0.1) is 0 Å². The molecular weight excluding hydrogens is 652 g/mol. The molecule has 0 aliphatic carbocycles. The number of carbonyl (C=O) groups excluding carboxylic acids is 2. The van der Waals surface area contributed by atoms with E-state index in [4.69, 9.17) is 18.9 Å². The van der Waals surface area contributed by atoms with Gasteiger partial charge in [0, 0.05) is 12.8 Å². The van der Waals surface area contributed by atoms with Crippen molar-refractivity contribution in [3.8, 4) is 0 Å². The van der Waals surface area contributed by atoms with E-state index in [1.807, 2.05) is 0 Å². The van der Waals surface area contributed by atoms with Crippen LogP contribution in [0.2, 0.25) is 0 Å². The summed E-state index contributed by atoms with van der Waals surface area (Å²) in [5.74, 6) is -0.821. The number of hydrogen-bond acceptors (Lipinski definition) is 10. The molecule has 1 fully saturated rings. The van der Waals surface area contributed by atoms with Crippen molar-refractivity contribution in [1.29, 1.82) is 0 Å².